The van der Waals surface area contributed by atoms with Crippen molar-refractivity contribution < 1.29 is 0 Å². The second kappa shape index (κ2) is 3.68. The first-order chi connectivity index (χ1) is 7.13. The van der Waals surface area contributed by atoms with Gasteiger partial charge >= 0.3 is 0 Å². The molecule has 2 heterocycles. The number of aryl methyl sites for hydroxylation is 2. The number of anilines is 1. The third kappa shape index (κ3) is 2.31. The van der Waals surface area contributed by atoms with Crippen molar-refractivity contribution in [1.82, 2.24) is 19.7 Å². The molecule has 5 nitrogen and oxygen atoms in total. The Balaban J connectivity index is 2.24. The number of nitrogens with zero attached hydrogens (tertiary/aromatic N) is 4. The fourth-order valence-electron chi connectivity index (χ4n) is 1.48. The van der Waals surface area contributed by atoms with E-state index in [1.165, 1.54) is 0 Å². The molecule has 0 spiro atoms. The highest BCUT2D eigenvalue weighted by Gasteiger charge is 2.01. The number of nitrogens with two attached hydrogens (primary N) is 1. The maximum atomic E-state index is 5.52. The van der Waals surface area contributed by atoms with E-state index in [1.54, 1.807) is 10.7 Å². The SMILES string of the molecule is Cc1cc(C)nc(Cn2ccc(N)n2)n1. The molecule has 0 atom stereocenters. The number of rotatable bonds is 2. The Labute approximate surface area is 88.0 Å². The van der Waals surface area contributed by atoms with Crippen LogP contribution in [-0.4, -0.2) is 19.7 Å². The molecule has 0 aromatic carbocycles. The van der Waals surface area contributed by atoms with Crippen molar-refractivity contribution in [3.8, 4) is 0 Å². The quantitative estimate of drug-likeness (QED) is 0.788. The van der Waals surface area contributed by atoms with Crippen LogP contribution in [0.4, 0.5) is 5.82 Å². The first kappa shape index (κ1) is 9.64. The summed E-state index contributed by atoms with van der Waals surface area (Å²) in [5, 5.41) is 4.08. The van der Waals surface area contributed by atoms with E-state index in [1.807, 2.05) is 26.1 Å². The summed E-state index contributed by atoms with van der Waals surface area (Å²) < 4.78 is 1.73. The Kier molecular flexibility index (Phi) is 2.37. The van der Waals surface area contributed by atoms with Gasteiger partial charge in [0.25, 0.3) is 0 Å². The fourth-order valence-corrected chi connectivity index (χ4v) is 1.48. The minimum absolute atomic E-state index is 0.513. The molecular formula is C10H13N5. The van der Waals surface area contributed by atoms with Gasteiger partial charge in [-0.25, -0.2) is 9.97 Å². The lowest BCUT2D eigenvalue weighted by Gasteiger charge is -2.03. The van der Waals surface area contributed by atoms with Crippen LogP contribution in [0.3, 0.4) is 0 Å². The lowest BCUT2D eigenvalue weighted by molar-refractivity contribution is 0.653. The van der Waals surface area contributed by atoms with E-state index in [9.17, 15) is 0 Å². The molecule has 0 fully saturated rings. The largest absolute Gasteiger partial charge is 0.382 e. The number of hydrogen-bond acceptors (Lipinski definition) is 4. The van der Waals surface area contributed by atoms with E-state index in [4.69, 9.17) is 5.73 Å². The van der Waals surface area contributed by atoms with Crippen LogP contribution < -0.4 is 5.73 Å². The average Bonchev–Trinajstić information content (AvgIpc) is 2.49. The predicted octanol–water partition coefficient (Wildman–Crippen LogP) is 0.920. The van der Waals surface area contributed by atoms with Gasteiger partial charge in [0, 0.05) is 17.6 Å². The minimum Gasteiger partial charge on any atom is -0.382 e. The lowest BCUT2D eigenvalue weighted by atomic mass is 10.3. The zero-order chi connectivity index (χ0) is 10.8. The Morgan fingerprint density at radius 2 is 1.93 bits per heavy atom. The van der Waals surface area contributed by atoms with Gasteiger partial charge in [0.15, 0.2) is 0 Å². The highest BCUT2D eigenvalue weighted by Crippen LogP contribution is 2.02. The van der Waals surface area contributed by atoms with Crippen LogP contribution in [0, 0.1) is 13.8 Å². The van der Waals surface area contributed by atoms with Crippen LogP contribution in [0.15, 0.2) is 18.3 Å². The highest BCUT2D eigenvalue weighted by atomic mass is 15.3. The molecular weight excluding hydrogens is 190 g/mol. The molecule has 0 bridgehead atoms. The minimum atomic E-state index is 0.513. The van der Waals surface area contributed by atoms with Gasteiger partial charge < -0.3 is 5.73 Å². The summed E-state index contributed by atoms with van der Waals surface area (Å²) >= 11 is 0. The summed E-state index contributed by atoms with van der Waals surface area (Å²) in [5.74, 6) is 1.27. The molecule has 0 aliphatic carbocycles. The highest BCUT2D eigenvalue weighted by molar-refractivity contribution is 5.24. The van der Waals surface area contributed by atoms with Gasteiger partial charge in [0.2, 0.25) is 0 Å². The third-order valence-electron chi connectivity index (χ3n) is 1.99. The fraction of sp³-hybridized carbons (Fsp3) is 0.300. The maximum absolute atomic E-state index is 5.52. The van der Waals surface area contributed by atoms with Gasteiger partial charge in [-0.3, -0.25) is 4.68 Å². The topological polar surface area (TPSA) is 69.6 Å². The van der Waals surface area contributed by atoms with Crippen LogP contribution in [-0.2, 0) is 6.54 Å². The molecule has 0 aliphatic rings. The summed E-state index contributed by atoms with van der Waals surface area (Å²) in [6.07, 6.45) is 1.82. The molecule has 0 aliphatic heterocycles. The first-order valence-corrected chi connectivity index (χ1v) is 4.73. The molecule has 5 heteroatoms. The smallest absolute Gasteiger partial charge is 0.150 e. The van der Waals surface area contributed by atoms with Crippen molar-refractivity contribution in [3.05, 3.63) is 35.5 Å². The zero-order valence-corrected chi connectivity index (χ0v) is 8.81. The summed E-state index contributed by atoms with van der Waals surface area (Å²) in [5.41, 5.74) is 7.46. The molecule has 0 amide bonds. The van der Waals surface area contributed by atoms with Crippen molar-refractivity contribution in [3.63, 3.8) is 0 Å². The number of nitrogen functional groups attached to an aromatic ring is 1. The Hall–Kier alpha value is -1.91. The second-order valence-corrected chi connectivity index (χ2v) is 3.51. The molecule has 2 rings (SSSR count). The third-order valence-corrected chi connectivity index (χ3v) is 1.99. The van der Waals surface area contributed by atoms with Crippen LogP contribution >= 0.6 is 0 Å². The van der Waals surface area contributed by atoms with E-state index in [0.717, 1.165) is 17.2 Å². The molecule has 2 N–H and O–H groups in total. The van der Waals surface area contributed by atoms with E-state index in [-0.39, 0.29) is 0 Å². The van der Waals surface area contributed by atoms with Gasteiger partial charge in [-0.05, 0) is 26.0 Å². The zero-order valence-electron chi connectivity index (χ0n) is 8.81. The Morgan fingerprint density at radius 1 is 1.27 bits per heavy atom. The molecule has 15 heavy (non-hydrogen) atoms. The predicted molar refractivity (Wildman–Crippen MR) is 57.2 cm³/mol. The molecule has 0 radical (unpaired) electrons. The summed E-state index contributed by atoms with van der Waals surface area (Å²) in [6.45, 7) is 4.46. The van der Waals surface area contributed by atoms with Crippen LogP contribution in [0.25, 0.3) is 0 Å². The van der Waals surface area contributed by atoms with Crippen molar-refractivity contribution in [1.29, 1.82) is 0 Å². The van der Waals surface area contributed by atoms with Crippen molar-refractivity contribution in [2.45, 2.75) is 20.4 Å². The van der Waals surface area contributed by atoms with Gasteiger partial charge in [-0.2, -0.15) is 5.10 Å². The van der Waals surface area contributed by atoms with E-state index >= 15 is 0 Å². The summed E-state index contributed by atoms with van der Waals surface area (Å²) in [6, 6.07) is 3.70. The number of hydrogen-bond donors (Lipinski definition) is 1. The van der Waals surface area contributed by atoms with Crippen molar-refractivity contribution in [2.24, 2.45) is 0 Å². The Bertz CT molecular complexity index is 454. The number of aromatic nitrogens is 4. The molecule has 0 saturated carbocycles. The molecule has 2 aromatic rings. The molecule has 0 saturated heterocycles. The second-order valence-electron chi connectivity index (χ2n) is 3.51. The summed E-state index contributed by atoms with van der Waals surface area (Å²) in [7, 11) is 0. The van der Waals surface area contributed by atoms with Crippen molar-refractivity contribution >= 4 is 5.82 Å². The van der Waals surface area contributed by atoms with Gasteiger partial charge in [0.1, 0.15) is 18.2 Å². The molecule has 0 unspecified atom stereocenters. The summed E-state index contributed by atoms with van der Waals surface area (Å²) in [4.78, 5) is 8.65. The van der Waals surface area contributed by atoms with Crippen LogP contribution in [0.5, 0.6) is 0 Å². The Morgan fingerprint density at radius 3 is 2.47 bits per heavy atom. The lowest BCUT2D eigenvalue weighted by Crippen LogP contribution is -2.07. The monoisotopic (exact) mass is 203 g/mol. The van der Waals surface area contributed by atoms with Gasteiger partial charge in [-0.15, -0.1) is 0 Å². The standard InChI is InChI=1S/C10H13N5/c1-7-5-8(2)13-10(12-7)6-15-4-3-9(11)14-15/h3-5H,6H2,1-2H3,(H2,11,14). The van der Waals surface area contributed by atoms with Crippen LogP contribution in [0.1, 0.15) is 17.2 Å². The van der Waals surface area contributed by atoms with Gasteiger partial charge in [-0.1, -0.05) is 0 Å². The molecule has 2 aromatic heterocycles. The maximum Gasteiger partial charge on any atom is 0.150 e. The van der Waals surface area contributed by atoms with E-state index in [0.29, 0.717) is 12.4 Å². The van der Waals surface area contributed by atoms with Gasteiger partial charge in [0.05, 0.1) is 0 Å². The van der Waals surface area contributed by atoms with E-state index < -0.39 is 0 Å². The van der Waals surface area contributed by atoms with E-state index in [2.05, 4.69) is 15.1 Å². The molecule has 78 valence electrons. The average molecular weight is 203 g/mol. The normalized spacial score (nSPS) is 10.5. The first-order valence-electron chi connectivity index (χ1n) is 4.73. The van der Waals surface area contributed by atoms with Crippen molar-refractivity contribution in [2.75, 3.05) is 5.73 Å². The van der Waals surface area contributed by atoms with Crippen LogP contribution in [0.2, 0.25) is 0 Å².